The largest absolute Gasteiger partial charge is 0.312 e. The van der Waals surface area contributed by atoms with Gasteiger partial charge < -0.3 is 5.32 Å². The van der Waals surface area contributed by atoms with Gasteiger partial charge in [0.25, 0.3) is 10.0 Å². The number of nitrogens with one attached hydrogen (secondary N) is 2. The van der Waals surface area contributed by atoms with E-state index >= 15 is 0 Å². The lowest BCUT2D eigenvalue weighted by molar-refractivity contribution is 0.600. The van der Waals surface area contributed by atoms with Crippen molar-refractivity contribution in [3.63, 3.8) is 0 Å². The van der Waals surface area contributed by atoms with Crippen molar-refractivity contribution in [3.8, 4) is 0 Å². The van der Waals surface area contributed by atoms with Crippen LogP contribution in [-0.2, 0) is 23.0 Å². The van der Waals surface area contributed by atoms with Crippen molar-refractivity contribution in [1.29, 1.82) is 0 Å². The van der Waals surface area contributed by atoms with Crippen molar-refractivity contribution in [2.45, 2.75) is 17.9 Å². The van der Waals surface area contributed by atoms with Crippen molar-refractivity contribution >= 4 is 15.7 Å². The number of benzene rings is 1. The molecule has 0 atom stereocenters. The first-order valence-electron chi connectivity index (χ1n) is 6.40. The van der Waals surface area contributed by atoms with Gasteiger partial charge in [-0.25, -0.2) is 8.42 Å². The van der Waals surface area contributed by atoms with Gasteiger partial charge in [-0.3, -0.25) is 9.71 Å². The number of hydrogen-bond donors (Lipinski definition) is 2. The summed E-state index contributed by atoms with van der Waals surface area (Å²) in [4.78, 5) is 4.00. The zero-order valence-electron chi connectivity index (χ0n) is 10.8. The third-order valence-electron chi connectivity index (χ3n) is 3.29. The molecule has 0 unspecified atom stereocenters. The third-order valence-corrected chi connectivity index (χ3v) is 4.66. The minimum Gasteiger partial charge on any atom is -0.312 e. The number of pyridine rings is 1. The van der Waals surface area contributed by atoms with Crippen LogP contribution in [0, 0.1) is 0 Å². The van der Waals surface area contributed by atoms with Gasteiger partial charge in [0.15, 0.2) is 0 Å². The van der Waals surface area contributed by atoms with Gasteiger partial charge in [-0.2, -0.15) is 0 Å². The van der Waals surface area contributed by atoms with E-state index in [1.54, 1.807) is 18.3 Å². The number of sulfonamides is 1. The van der Waals surface area contributed by atoms with Crippen LogP contribution in [0.2, 0.25) is 0 Å². The molecule has 20 heavy (non-hydrogen) atoms. The smallest absolute Gasteiger partial charge is 0.263 e. The summed E-state index contributed by atoms with van der Waals surface area (Å²) in [5.41, 5.74) is 2.99. The molecule has 0 radical (unpaired) electrons. The first-order valence-corrected chi connectivity index (χ1v) is 7.89. The van der Waals surface area contributed by atoms with Gasteiger partial charge in [-0.1, -0.05) is 6.07 Å². The van der Waals surface area contributed by atoms with Crippen molar-refractivity contribution in [1.82, 2.24) is 10.3 Å². The minimum absolute atomic E-state index is 0.163. The fourth-order valence-electron chi connectivity index (χ4n) is 2.26. The molecule has 1 aliphatic heterocycles. The number of fused-ring (bicyclic) bond motifs is 1. The summed E-state index contributed by atoms with van der Waals surface area (Å²) in [6.45, 7) is 1.74. The van der Waals surface area contributed by atoms with Crippen molar-refractivity contribution in [3.05, 3.63) is 53.9 Å². The monoisotopic (exact) mass is 289 g/mol. The van der Waals surface area contributed by atoms with E-state index in [0.717, 1.165) is 25.1 Å². The first-order chi connectivity index (χ1) is 9.65. The molecule has 1 aliphatic rings. The van der Waals surface area contributed by atoms with E-state index in [0.29, 0.717) is 5.69 Å². The van der Waals surface area contributed by atoms with Gasteiger partial charge in [0.1, 0.15) is 4.90 Å². The van der Waals surface area contributed by atoms with E-state index in [4.69, 9.17) is 0 Å². The topological polar surface area (TPSA) is 71.1 Å². The van der Waals surface area contributed by atoms with Gasteiger partial charge in [-0.05, 0) is 48.4 Å². The van der Waals surface area contributed by atoms with Gasteiger partial charge in [0.2, 0.25) is 0 Å². The van der Waals surface area contributed by atoms with E-state index in [1.165, 1.54) is 17.8 Å². The number of aromatic nitrogens is 1. The van der Waals surface area contributed by atoms with Crippen LogP contribution in [-0.4, -0.2) is 19.9 Å². The Bertz CT molecular complexity index is 714. The molecule has 1 aromatic carbocycles. The van der Waals surface area contributed by atoms with Crippen molar-refractivity contribution < 1.29 is 8.42 Å². The number of anilines is 1. The van der Waals surface area contributed by atoms with E-state index in [1.807, 2.05) is 12.1 Å². The highest BCUT2D eigenvalue weighted by atomic mass is 32.2. The molecule has 1 aromatic heterocycles. The quantitative estimate of drug-likeness (QED) is 0.899. The molecule has 104 valence electrons. The van der Waals surface area contributed by atoms with Crippen LogP contribution in [0.3, 0.4) is 0 Å². The van der Waals surface area contributed by atoms with Crippen LogP contribution in [0.15, 0.2) is 47.6 Å². The fraction of sp³-hybridized carbons (Fsp3) is 0.214. The maximum Gasteiger partial charge on any atom is 0.263 e. The second-order valence-electron chi connectivity index (χ2n) is 4.70. The van der Waals surface area contributed by atoms with Gasteiger partial charge >= 0.3 is 0 Å². The predicted octanol–water partition coefficient (Wildman–Crippen LogP) is 1.53. The highest BCUT2D eigenvalue weighted by molar-refractivity contribution is 7.92. The van der Waals surface area contributed by atoms with Crippen LogP contribution in [0.5, 0.6) is 0 Å². The minimum atomic E-state index is -3.57. The second-order valence-corrected chi connectivity index (χ2v) is 6.39. The highest BCUT2D eigenvalue weighted by Crippen LogP contribution is 2.21. The Balaban J connectivity index is 1.88. The molecule has 0 aliphatic carbocycles. The average Bonchev–Trinajstić information content (AvgIpc) is 2.48. The van der Waals surface area contributed by atoms with Gasteiger partial charge in [-0.15, -0.1) is 0 Å². The lowest BCUT2D eigenvalue weighted by atomic mass is 10.0. The Morgan fingerprint density at radius 2 is 2.10 bits per heavy atom. The van der Waals surface area contributed by atoms with Crippen molar-refractivity contribution in [2.75, 3.05) is 11.3 Å². The second kappa shape index (κ2) is 5.22. The van der Waals surface area contributed by atoms with Crippen LogP contribution in [0.25, 0.3) is 0 Å². The highest BCUT2D eigenvalue weighted by Gasteiger charge is 2.15. The van der Waals surface area contributed by atoms with Crippen LogP contribution >= 0.6 is 0 Å². The lowest BCUT2D eigenvalue weighted by Crippen LogP contribution is -2.23. The molecule has 0 spiro atoms. The molecule has 2 heterocycles. The number of hydrogen-bond acceptors (Lipinski definition) is 4. The Hall–Kier alpha value is -1.92. The first kappa shape index (κ1) is 13.1. The van der Waals surface area contributed by atoms with E-state index in [-0.39, 0.29) is 4.90 Å². The summed E-state index contributed by atoms with van der Waals surface area (Å²) in [6.07, 6.45) is 3.86. The maximum absolute atomic E-state index is 12.2. The Labute approximate surface area is 118 Å². The standard InChI is InChI=1S/C14H15N3O2S/c18-20(19,14-2-1-6-15-10-14)17-13-4-3-11-5-7-16-9-12(11)8-13/h1-4,6,8,10,16-17H,5,7,9H2. The zero-order chi connectivity index (χ0) is 14.0. The predicted molar refractivity (Wildman–Crippen MR) is 76.9 cm³/mol. The third kappa shape index (κ3) is 2.66. The van der Waals surface area contributed by atoms with Crippen molar-refractivity contribution in [2.24, 2.45) is 0 Å². The molecule has 2 N–H and O–H groups in total. The molecule has 0 saturated heterocycles. The maximum atomic E-state index is 12.2. The van der Waals surface area contributed by atoms with Gasteiger partial charge in [0, 0.05) is 24.6 Å². The zero-order valence-corrected chi connectivity index (χ0v) is 11.7. The van der Waals surface area contributed by atoms with Gasteiger partial charge in [0.05, 0.1) is 0 Å². The lowest BCUT2D eigenvalue weighted by Gasteiger charge is -2.18. The van der Waals surface area contributed by atoms with E-state index in [2.05, 4.69) is 15.0 Å². The van der Waals surface area contributed by atoms with Crippen LogP contribution in [0.4, 0.5) is 5.69 Å². The Kier molecular flexibility index (Phi) is 3.42. The Morgan fingerprint density at radius 1 is 1.20 bits per heavy atom. The Morgan fingerprint density at radius 3 is 2.90 bits per heavy atom. The average molecular weight is 289 g/mol. The summed E-state index contributed by atoms with van der Waals surface area (Å²) < 4.78 is 27.0. The summed E-state index contributed by atoms with van der Waals surface area (Å²) in [5.74, 6) is 0. The SMILES string of the molecule is O=S(=O)(Nc1ccc2c(c1)CNCC2)c1cccnc1. The summed E-state index contributed by atoms with van der Waals surface area (Å²) in [5, 5.41) is 3.28. The van der Waals surface area contributed by atoms with E-state index < -0.39 is 10.0 Å². The molecule has 0 bridgehead atoms. The summed E-state index contributed by atoms with van der Waals surface area (Å²) in [7, 11) is -3.57. The molecule has 5 nitrogen and oxygen atoms in total. The summed E-state index contributed by atoms with van der Waals surface area (Å²) >= 11 is 0. The molecule has 2 aromatic rings. The number of rotatable bonds is 3. The molecule has 6 heteroatoms. The summed E-state index contributed by atoms with van der Waals surface area (Å²) in [6, 6.07) is 8.80. The number of nitrogens with zero attached hydrogens (tertiary/aromatic N) is 1. The van der Waals surface area contributed by atoms with Crippen LogP contribution < -0.4 is 10.0 Å². The molecule has 0 fully saturated rings. The van der Waals surface area contributed by atoms with Crippen LogP contribution in [0.1, 0.15) is 11.1 Å². The molecular formula is C14H15N3O2S. The molecule has 3 rings (SSSR count). The van der Waals surface area contributed by atoms with E-state index in [9.17, 15) is 8.42 Å². The molecule has 0 amide bonds. The normalized spacial score (nSPS) is 14.6. The molecule has 0 saturated carbocycles. The fourth-order valence-corrected chi connectivity index (χ4v) is 3.28. The molecular weight excluding hydrogens is 274 g/mol.